The normalized spacial score (nSPS) is 24.9. The highest BCUT2D eigenvalue weighted by atomic mass is 16.5. The van der Waals surface area contributed by atoms with Crippen LogP contribution >= 0.6 is 0 Å². The molecule has 2 atom stereocenters. The second kappa shape index (κ2) is 4.93. The fraction of sp³-hybridized carbons (Fsp3) is 0.600. The lowest BCUT2D eigenvalue weighted by atomic mass is 10.0. The Morgan fingerprint density at radius 1 is 1.60 bits per heavy atom. The Hall–Kier alpha value is -1.36. The number of hydrogen-bond acceptors (Lipinski definition) is 3. The maximum Gasteiger partial charge on any atom is 0.311 e. The molecule has 15 heavy (non-hydrogen) atoms. The van der Waals surface area contributed by atoms with Gasteiger partial charge in [0.25, 0.3) is 0 Å². The van der Waals surface area contributed by atoms with Crippen molar-refractivity contribution in [2.75, 3.05) is 20.3 Å². The van der Waals surface area contributed by atoms with Crippen LogP contribution in [0, 0.1) is 5.92 Å². The number of aliphatic carboxylic acids is 1. The number of rotatable bonds is 4. The number of hydrogen-bond donors (Lipinski definition) is 1. The molecule has 1 rings (SSSR count). The molecule has 1 N–H and O–H groups in total. The van der Waals surface area contributed by atoms with Gasteiger partial charge in [-0.25, -0.2) is 0 Å². The molecular weight excluding hydrogens is 198 g/mol. The van der Waals surface area contributed by atoms with Crippen LogP contribution in [0.15, 0.2) is 12.7 Å². The molecule has 1 aliphatic heterocycles. The van der Waals surface area contributed by atoms with Crippen molar-refractivity contribution in [3.05, 3.63) is 12.7 Å². The van der Waals surface area contributed by atoms with Gasteiger partial charge in [-0.15, -0.1) is 6.58 Å². The summed E-state index contributed by atoms with van der Waals surface area (Å²) in [6.07, 6.45) is 1.73. The van der Waals surface area contributed by atoms with Gasteiger partial charge < -0.3 is 14.7 Å². The predicted octanol–water partition coefficient (Wildman–Crippen LogP) is 0.120. The second-order valence-electron chi connectivity index (χ2n) is 3.55. The molecule has 2 unspecified atom stereocenters. The van der Waals surface area contributed by atoms with E-state index in [4.69, 9.17) is 9.84 Å². The average molecular weight is 213 g/mol. The molecule has 0 bridgehead atoms. The number of carboxylic acids is 1. The monoisotopic (exact) mass is 213 g/mol. The van der Waals surface area contributed by atoms with E-state index in [9.17, 15) is 9.59 Å². The van der Waals surface area contributed by atoms with Crippen molar-refractivity contribution in [3.63, 3.8) is 0 Å². The molecule has 84 valence electrons. The van der Waals surface area contributed by atoms with Crippen molar-refractivity contribution in [1.82, 2.24) is 4.90 Å². The molecule has 0 spiro atoms. The molecule has 1 aliphatic rings. The van der Waals surface area contributed by atoms with E-state index in [1.54, 1.807) is 7.05 Å². The molecule has 0 aromatic carbocycles. The number of ether oxygens (including phenoxy) is 1. The third-order valence-corrected chi connectivity index (χ3v) is 2.58. The maximum absolute atomic E-state index is 11.5. The highest BCUT2D eigenvalue weighted by molar-refractivity contribution is 5.79. The summed E-state index contributed by atoms with van der Waals surface area (Å²) in [6.45, 7) is 3.93. The molecule has 0 saturated carbocycles. The third-order valence-electron chi connectivity index (χ3n) is 2.58. The van der Waals surface area contributed by atoms with E-state index in [0.29, 0.717) is 0 Å². The summed E-state index contributed by atoms with van der Waals surface area (Å²) in [6, 6.07) is -0.366. The van der Waals surface area contributed by atoms with Gasteiger partial charge in [-0.05, 0) is 0 Å². The minimum absolute atomic E-state index is 0.133. The summed E-state index contributed by atoms with van der Waals surface area (Å²) in [7, 11) is 1.60. The summed E-state index contributed by atoms with van der Waals surface area (Å²) in [5, 5.41) is 8.91. The van der Waals surface area contributed by atoms with Gasteiger partial charge in [0, 0.05) is 13.5 Å². The van der Waals surface area contributed by atoms with Crippen LogP contribution < -0.4 is 0 Å². The Bertz CT molecular complexity index is 277. The molecule has 0 aromatic rings. The number of nitrogens with zero attached hydrogens (tertiary/aromatic N) is 1. The minimum Gasteiger partial charge on any atom is -0.481 e. The van der Waals surface area contributed by atoms with Crippen molar-refractivity contribution >= 4 is 11.9 Å². The lowest BCUT2D eigenvalue weighted by molar-refractivity contribution is -0.144. The van der Waals surface area contributed by atoms with Crippen molar-refractivity contribution in [2.45, 2.75) is 12.5 Å². The number of likely N-dealkylation sites (N-methyl/N-ethyl adjacent to an activating group) is 1. The standard InChI is InChI=1S/C10H15NO4/c1-3-4-9(12)11(2)8-6-15-5-7(8)10(13)14/h3,7-8H,1,4-6H2,2H3,(H,13,14). The van der Waals surface area contributed by atoms with Crippen LogP contribution in [0.1, 0.15) is 6.42 Å². The summed E-state index contributed by atoms with van der Waals surface area (Å²) >= 11 is 0. The van der Waals surface area contributed by atoms with Crippen LogP contribution in [-0.4, -0.2) is 48.2 Å². The van der Waals surface area contributed by atoms with Crippen LogP contribution in [0.3, 0.4) is 0 Å². The van der Waals surface area contributed by atoms with Gasteiger partial charge in [0.05, 0.1) is 19.3 Å². The Balaban J connectivity index is 2.65. The van der Waals surface area contributed by atoms with Crippen LogP contribution in [0.25, 0.3) is 0 Å². The molecule has 1 heterocycles. The zero-order chi connectivity index (χ0) is 11.4. The molecule has 0 aromatic heterocycles. The van der Waals surface area contributed by atoms with Gasteiger partial charge in [-0.2, -0.15) is 0 Å². The molecule has 5 nitrogen and oxygen atoms in total. The maximum atomic E-state index is 11.5. The van der Waals surface area contributed by atoms with E-state index in [2.05, 4.69) is 6.58 Å². The first-order valence-corrected chi connectivity index (χ1v) is 4.75. The Labute approximate surface area is 88.3 Å². The van der Waals surface area contributed by atoms with Crippen molar-refractivity contribution in [1.29, 1.82) is 0 Å². The third kappa shape index (κ3) is 2.56. The molecule has 0 radical (unpaired) electrons. The van der Waals surface area contributed by atoms with Crippen LogP contribution in [0.4, 0.5) is 0 Å². The van der Waals surface area contributed by atoms with E-state index in [0.717, 1.165) is 0 Å². The fourth-order valence-corrected chi connectivity index (χ4v) is 1.61. The summed E-state index contributed by atoms with van der Waals surface area (Å²) in [4.78, 5) is 23.8. The Morgan fingerprint density at radius 2 is 2.27 bits per heavy atom. The highest BCUT2D eigenvalue weighted by Crippen LogP contribution is 2.19. The van der Waals surface area contributed by atoms with Crippen molar-refractivity contribution < 1.29 is 19.4 Å². The largest absolute Gasteiger partial charge is 0.481 e. The van der Waals surface area contributed by atoms with Gasteiger partial charge in [0.2, 0.25) is 5.91 Å². The predicted molar refractivity (Wildman–Crippen MR) is 53.3 cm³/mol. The van der Waals surface area contributed by atoms with E-state index in [1.165, 1.54) is 11.0 Å². The summed E-state index contributed by atoms with van der Waals surface area (Å²) in [5.74, 6) is -1.67. The van der Waals surface area contributed by atoms with E-state index in [-0.39, 0.29) is 31.6 Å². The van der Waals surface area contributed by atoms with Gasteiger partial charge >= 0.3 is 5.97 Å². The molecule has 1 amide bonds. The summed E-state index contributed by atoms with van der Waals surface area (Å²) < 4.78 is 5.08. The van der Waals surface area contributed by atoms with Crippen LogP contribution in [-0.2, 0) is 14.3 Å². The van der Waals surface area contributed by atoms with Gasteiger partial charge in [-0.1, -0.05) is 6.08 Å². The number of carbonyl (C=O) groups is 2. The first-order valence-electron chi connectivity index (χ1n) is 4.75. The summed E-state index contributed by atoms with van der Waals surface area (Å²) in [5.41, 5.74) is 0. The van der Waals surface area contributed by atoms with E-state index < -0.39 is 11.9 Å². The number of carboxylic acid groups (broad SMARTS) is 1. The van der Waals surface area contributed by atoms with Gasteiger partial charge in [0.15, 0.2) is 0 Å². The van der Waals surface area contributed by atoms with Crippen LogP contribution in [0.2, 0.25) is 0 Å². The molecule has 5 heteroatoms. The zero-order valence-corrected chi connectivity index (χ0v) is 8.68. The van der Waals surface area contributed by atoms with Gasteiger partial charge in [0.1, 0.15) is 5.92 Å². The SMILES string of the molecule is C=CCC(=O)N(C)C1COCC1C(=O)O. The minimum atomic E-state index is -0.921. The van der Waals surface area contributed by atoms with Gasteiger partial charge in [-0.3, -0.25) is 9.59 Å². The van der Waals surface area contributed by atoms with E-state index in [1.807, 2.05) is 0 Å². The lowest BCUT2D eigenvalue weighted by Crippen LogP contribution is -2.43. The Morgan fingerprint density at radius 3 is 2.80 bits per heavy atom. The fourth-order valence-electron chi connectivity index (χ4n) is 1.61. The quantitative estimate of drug-likeness (QED) is 0.673. The van der Waals surface area contributed by atoms with Crippen molar-refractivity contribution in [3.8, 4) is 0 Å². The topological polar surface area (TPSA) is 66.8 Å². The lowest BCUT2D eigenvalue weighted by Gasteiger charge is -2.25. The van der Waals surface area contributed by atoms with Crippen LogP contribution in [0.5, 0.6) is 0 Å². The van der Waals surface area contributed by atoms with Crippen molar-refractivity contribution in [2.24, 2.45) is 5.92 Å². The number of carbonyl (C=O) groups excluding carboxylic acids is 1. The average Bonchev–Trinajstić information content (AvgIpc) is 2.65. The smallest absolute Gasteiger partial charge is 0.311 e. The molecule has 1 fully saturated rings. The molecular formula is C10H15NO4. The molecule has 1 saturated heterocycles. The first-order chi connectivity index (χ1) is 7.07. The van der Waals surface area contributed by atoms with E-state index >= 15 is 0 Å². The number of amides is 1. The second-order valence-corrected chi connectivity index (χ2v) is 3.55. The highest BCUT2D eigenvalue weighted by Gasteiger charge is 2.38. The molecule has 0 aliphatic carbocycles. The first kappa shape index (κ1) is 11.7. The zero-order valence-electron chi connectivity index (χ0n) is 8.68. The Kier molecular flexibility index (Phi) is 3.85.